The third-order valence-corrected chi connectivity index (χ3v) is 4.36. The Morgan fingerprint density at radius 3 is 2.25 bits per heavy atom. The van der Waals surface area contributed by atoms with E-state index in [1.165, 1.54) is 0 Å². The Morgan fingerprint density at radius 2 is 1.61 bits per heavy atom. The van der Waals surface area contributed by atoms with E-state index in [0.717, 1.165) is 28.0 Å². The van der Waals surface area contributed by atoms with Crippen LogP contribution in [-0.4, -0.2) is 19.1 Å². The molecule has 3 aromatic rings. The lowest BCUT2D eigenvalue weighted by Crippen LogP contribution is -2.34. The van der Waals surface area contributed by atoms with E-state index in [9.17, 15) is 4.79 Å². The summed E-state index contributed by atoms with van der Waals surface area (Å²) in [5.74, 6) is 0.315. The van der Waals surface area contributed by atoms with Crippen molar-refractivity contribution in [2.75, 3.05) is 7.11 Å². The lowest BCUT2D eigenvalue weighted by Gasteiger charge is -2.16. The number of hydrogen-bond donors (Lipinski definition) is 1. The molecule has 0 amide bonds. The van der Waals surface area contributed by atoms with E-state index in [1.54, 1.807) is 7.11 Å². The fraction of sp³-hybridized carbons (Fsp3) is 0.174. The van der Waals surface area contributed by atoms with Gasteiger partial charge in [-0.15, -0.1) is 12.4 Å². The number of nitrogens with two attached hydrogens (primary N) is 1. The van der Waals surface area contributed by atoms with Gasteiger partial charge in [-0.25, -0.2) is 0 Å². The maximum atomic E-state index is 12.3. The molecule has 0 radical (unpaired) electrons. The van der Waals surface area contributed by atoms with Gasteiger partial charge in [-0.05, 0) is 40.8 Å². The number of rotatable bonds is 7. The van der Waals surface area contributed by atoms with Crippen molar-refractivity contribution in [2.24, 2.45) is 5.73 Å². The Morgan fingerprint density at radius 1 is 0.964 bits per heavy atom. The smallest absolute Gasteiger partial charge is 0.323 e. The number of methoxy groups -OCH3 is 1. The Labute approximate surface area is 171 Å². The normalized spacial score (nSPS) is 11.2. The van der Waals surface area contributed by atoms with Crippen LogP contribution in [0.2, 0.25) is 0 Å². The second-order valence-corrected chi connectivity index (χ2v) is 6.29. The molecule has 0 fully saturated rings. The van der Waals surface area contributed by atoms with Crippen LogP contribution in [0.15, 0.2) is 78.9 Å². The summed E-state index contributed by atoms with van der Waals surface area (Å²) in [5, 5.41) is 0. The Kier molecular flexibility index (Phi) is 8.05. The van der Waals surface area contributed by atoms with Gasteiger partial charge in [0.1, 0.15) is 18.4 Å². The minimum absolute atomic E-state index is 0. The summed E-state index contributed by atoms with van der Waals surface area (Å²) in [7, 11) is 1.62. The molecule has 3 rings (SSSR count). The molecule has 0 bridgehead atoms. The van der Waals surface area contributed by atoms with Gasteiger partial charge in [0.25, 0.3) is 0 Å². The zero-order chi connectivity index (χ0) is 19.1. The maximum Gasteiger partial charge on any atom is 0.323 e. The van der Waals surface area contributed by atoms with Crippen LogP contribution in [0.4, 0.5) is 0 Å². The predicted octanol–water partition coefficient (Wildman–Crippen LogP) is 4.40. The predicted molar refractivity (Wildman–Crippen MR) is 114 cm³/mol. The van der Waals surface area contributed by atoms with Crippen molar-refractivity contribution in [3.8, 4) is 16.9 Å². The van der Waals surface area contributed by atoms with E-state index in [1.807, 2.05) is 78.9 Å². The number of benzene rings is 3. The highest BCUT2D eigenvalue weighted by molar-refractivity contribution is 5.85. The fourth-order valence-corrected chi connectivity index (χ4v) is 2.92. The van der Waals surface area contributed by atoms with Gasteiger partial charge < -0.3 is 15.2 Å². The van der Waals surface area contributed by atoms with Crippen LogP contribution >= 0.6 is 12.4 Å². The summed E-state index contributed by atoms with van der Waals surface area (Å²) in [5.41, 5.74) is 10.1. The molecule has 0 aliphatic carbocycles. The molecular weight excluding hydrogens is 374 g/mol. The average Bonchev–Trinajstić information content (AvgIpc) is 2.73. The van der Waals surface area contributed by atoms with E-state index in [0.29, 0.717) is 6.42 Å². The van der Waals surface area contributed by atoms with Gasteiger partial charge in [0.2, 0.25) is 0 Å². The minimum atomic E-state index is -0.747. The van der Waals surface area contributed by atoms with Crippen molar-refractivity contribution < 1.29 is 14.3 Å². The summed E-state index contributed by atoms with van der Waals surface area (Å²) in [6.07, 6.45) is 0.370. The molecule has 0 spiro atoms. The first kappa shape index (κ1) is 21.5. The maximum absolute atomic E-state index is 12.3. The molecule has 0 saturated heterocycles. The first-order valence-corrected chi connectivity index (χ1v) is 8.86. The van der Waals surface area contributed by atoms with Crippen molar-refractivity contribution in [1.82, 2.24) is 0 Å². The van der Waals surface area contributed by atoms with Gasteiger partial charge in [-0.2, -0.15) is 0 Å². The highest BCUT2D eigenvalue weighted by Crippen LogP contribution is 2.28. The lowest BCUT2D eigenvalue weighted by atomic mass is 9.95. The summed E-state index contributed by atoms with van der Waals surface area (Å²) < 4.78 is 10.7. The third-order valence-electron chi connectivity index (χ3n) is 4.36. The molecule has 0 aromatic heterocycles. The molecule has 0 saturated carbocycles. The summed E-state index contributed by atoms with van der Waals surface area (Å²) >= 11 is 0. The second-order valence-electron chi connectivity index (χ2n) is 6.29. The van der Waals surface area contributed by atoms with Crippen molar-refractivity contribution in [3.05, 3.63) is 90.0 Å². The number of halogens is 1. The van der Waals surface area contributed by atoms with Crippen molar-refractivity contribution in [3.63, 3.8) is 0 Å². The standard InChI is InChI=1S/C23H23NO3.ClH/c1-26-20-12-13-21(18-10-6-3-7-11-18)19(14-20)15-22(24)23(25)27-16-17-8-4-2-5-9-17;/h2-14,22H,15-16,24H2,1H3;1H/t22-;/m0./s1. The molecule has 4 nitrogen and oxygen atoms in total. The van der Waals surface area contributed by atoms with E-state index in [2.05, 4.69) is 0 Å². The van der Waals surface area contributed by atoms with Crippen LogP contribution in [-0.2, 0) is 22.6 Å². The molecular formula is C23H24ClNO3. The van der Waals surface area contributed by atoms with Gasteiger partial charge in [-0.1, -0.05) is 66.7 Å². The van der Waals surface area contributed by atoms with Gasteiger partial charge in [0, 0.05) is 0 Å². The summed E-state index contributed by atoms with van der Waals surface area (Å²) in [4.78, 5) is 12.3. The minimum Gasteiger partial charge on any atom is -0.497 e. The molecule has 146 valence electrons. The molecule has 5 heteroatoms. The monoisotopic (exact) mass is 397 g/mol. The molecule has 1 atom stereocenters. The molecule has 0 aliphatic heterocycles. The number of hydrogen-bond acceptors (Lipinski definition) is 4. The van der Waals surface area contributed by atoms with Gasteiger partial charge in [-0.3, -0.25) is 4.79 Å². The van der Waals surface area contributed by atoms with Gasteiger partial charge in [0.05, 0.1) is 7.11 Å². The molecule has 0 unspecified atom stereocenters. The molecule has 28 heavy (non-hydrogen) atoms. The van der Waals surface area contributed by atoms with Crippen molar-refractivity contribution in [2.45, 2.75) is 19.1 Å². The fourth-order valence-electron chi connectivity index (χ4n) is 2.92. The first-order chi connectivity index (χ1) is 13.2. The zero-order valence-electron chi connectivity index (χ0n) is 15.7. The number of ether oxygens (including phenoxy) is 2. The number of carbonyl (C=O) groups excluding carboxylic acids is 1. The lowest BCUT2D eigenvalue weighted by molar-refractivity contribution is -0.146. The average molecular weight is 398 g/mol. The van der Waals surface area contributed by atoms with Crippen molar-refractivity contribution in [1.29, 1.82) is 0 Å². The van der Waals surface area contributed by atoms with Crippen LogP contribution < -0.4 is 10.5 Å². The van der Waals surface area contributed by atoms with Gasteiger partial charge in [0.15, 0.2) is 0 Å². The molecule has 0 aliphatic rings. The van der Waals surface area contributed by atoms with Gasteiger partial charge >= 0.3 is 5.97 Å². The third kappa shape index (κ3) is 5.59. The van der Waals surface area contributed by atoms with E-state index in [-0.39, 0.29) is 19.0 Å². The quantitative estimate of drug-likeness (QED) is 0.600. The Hall–Kier alpha value is -2.82. The highest BCUT2D eigenvalue weighted by atomic mass is 35.5. The topological polar surface area (TPSA) is 61.5 Å². The SMILES string of the molecule is COc1ccc(-c2ccccc2)c(C[C@H](N)C(=O)OCc2ccccc2)c1.Cl. The van der Waals surface area contributed by atoms with Crippen LogP contribution in [0.1, 0.15) is 11.1 Å². The Bertz CT molecular complexity index is 885. The summed E-state index contributed by atoms with van der Waals surface area (Å²) in [6, 6.07) is 24.6. The van der Waals surface area contributed by atoms with E-state index >= 15 is 0 Å². The zero-order valence-corrected chi connectivity index (χ0v) is 16.5. The van der Waals surface area contributed by atoms with E-state index < -0.39 is 12.0 Å². The van der Waals surface area contributed by atoms with Crippen molar-refractivity contribution >= 4 is 18.4 Å². The Balaban J connectivity index is 0.00000280. The highest BCUT2D eigenvalue weighted by Gasteiger charge is 2.18. The number of esters is 1. The van der Waals surface area contributed by atoms with E-state index in [4.69, 9.17) is 15.2 Å². The largest absolute Gasteiger partial charge is 0.497 e. The summed E-state index contributed by atoms with van der Waals surface area (Å²) in [6.45, 7) is 0.219. The number of carbonyl (C=O) groups is 1. The first-order valence-electron chi connectivity index (χ1n) is 8.86. The van der Waals surface area contributed by atoms with Crippen LogP contribution in [0.25, 0.3) is 11.1 Å². The van der Waals surface area contributed by atoms with Crippen LogP contribution in [0, 0.1) is 0 Å². The molecule has 0 heterocycles. The van der Waals surface area contributed by atoms with Crippen LogP contribution in [0.3, 0.4) is 0 Å². The van der Waals surface area contributed by atoms with Crippen LogP contribution in [0.5, 0.6) is 5.75 Å². The second kappa shape index (κ2) is 10.5. The molecule has 3 aromatic carbocycles. The molecule has 2 N–H and O–H groups in total.